The Morgan fingerprint density at radius 3 is 2.07 bits per heavy atom. The number of amides is 1. The molecular weight excluding hydrogens is 194 g/mol. The van der Waals surface area contributed by atoms with E-state index in [1.54, 1.807) is 4.90 Å². The molecule has 1 heterocycles. The van der Waals surface area contributed by atoms with Crippen molar-refractivity contribution in [2.45, 2.75) is 25.7 Å². The number of ether oxygens (including phenoxy) is 1. The second kappa shape index (κ2) is 4.21. The van der Waals surface area contributed by atoms with E-state index < -0.39 is 0 Å². The van der Waals surface area contributed by atoms with Gasteiger partial charge in [-0.3, -0.25) is 4.79 Å². The molecule has 0 aromatic carbocycles. The molecule has 1 saturated heterocycles. The standard InChI is InChI=1S/C11H17NO3/c1-15-11(14)12-6-4-9(5-7-12)10(13)8-2-3-8/h8-9H,2-7H2,1H3. The lowest BCUT2D eigenvalue weighted by molar-refractivity contribution is -0.125. The van der Waals surface area contributed by atoms with Crippen molar-refractivity contribution in [1.29, 1.82) is 0 Å². The molecule has 1 aliphatic carbocycles. The summed E-state index contributed by atoms with van der Waals surface area (Å²) >= 11 is 0. The number of carbonyl (C=O) groups is 2. The lowest BCUT2D eigenvalue weighted by atomic mass is 9.90. The molecule has 2 fully saturated rings. The van der Waals surface area contributed by atoms with Gasteiger partial charge in [0.05, 0.1) is 7.11 Å². The molecule has 0 aromatic heterocycles. The van der Waals surface area contributed by atoms with Crippen LogP contribution in [0.3, 0.4) is 0 Å². The highest BCUT2D eigenvalue weighted by molar-refractivity contribution is 5.85. The van der Waals surface area contributed by atoms with Crippen LogP contribution >= 0.6 is 0 Å². The monoisotopic (exact) mass is 211 g/mol. The van der Waals surface area contributed by atoms with E-state index in [4.69, 9.17) is 0 Å². The van der Waals surface area contributed by atoms with Crippen molar-refractivity contribution < 1.29 is 14.3 Å². The number of hydrogen-bond acceptors (Lipinski definition) is 3. The molecule has 4 heteroatoms. The van der Waals surface area contributed by atoms with Gasteiger partial charge < -0.3 is 9.64 Å². The minimum Gasteiger partial charge on any atom is -0.453 e. The average molecular weight is 211 g/mol. The van der Waals surface area contributed by atoms with Gasteiger partial charge in [0, 0.05) is 24.9 Å². The molecule has 2 aliphatic rings. The number of rotatable bonds is 2. The molecule has 0 radical (unpaired) electrons. The number of hydrogen-bond donors (Lipinski definition) is 0. The van der Waals surface area contributed by atoms with Crippen LogP contribution in [0.25, 0.3) is 0 Å². The van der Waals surface area contributed by atoms with E-state index in [1.165, 1.54) is 7.11 Å². The Hall–Kier alpha value is -1.06. The first kappa shape index (κ1) is 10.5. The van der Waals surface area contributed by atoms with Gasteiger partial charge in [-0.05, 0) is 25.7 Å². The van der Waals surface area contributed by atoms with Gasteiger partial charge in [0.2, 0.25) is 0 Å². The topological polar surface area (TPSA) is 46.6 Å². The summed E-state index contributed by atoms with van der Waals surface area (Å²) in [5, 5.41) is 0. The molecule has 0 atom stereocenters. The first-order valence-electron chi connectivity index (χ1n) is 5.59. The summed E-state index contributed by atoms with van der Waals surface area (Å²) < 4.78 is 4.65. The van der Waals surface area contributed by atoms with Crippen molar-refractivity contribution in [3.8, 4) is 0 Å². The van der Waals surface area contributed by atoms with Crippen LogP contribution in [0.15, 0.2) is 0 Å². The van der Waals surface area contributed by atoms with Gasteiger partial charge in [-0.1, -0.05) is 0 Å². The van der Waals surface area contributed by atoms with E-state index in [-0.39, 0.29) is 12.0 Å². The van der Waals surface area contributed by atoms with Gasteiger partial charge in [-0.2, -0.15) is 0 Å². The van der Waals surface area contributed by atoms with Crippen LogP contribution in [-0.2, 0) is 9.53 Å². The second-order valence-electron chi connectivity index (χ2n) is 4.41. The molecule has 0 spiro atoms. The maximum absolute atomic E-state index is 11.8. The third-order valence-corrected chi connectivity index (χ3v) is 3.31. The van der Waals surface area contributed by atoms with Crippen molar-refractivity contribution in [3.05, 3.63) is 0 Å². The van der Waals surface area contributed by atoms with Crippen LogP contribution in [0.5, 0.6) is 0 Å². The molecule has 1 aliphatic heterocycles. The summed E-state index contributed by atoms with van der Waals surface area (Å²) in [6.45, 7) is 1.33. The molecule has 0 bridgehead atoms. The molecule has 1 saturated carbocycles. The van der Waals surface area contributed by atoms with Crippen LogP contribution in [0.1, 0.15) is 25.7 Å². The van der Waals surface area contributed by atoms with Crippen molar-refractivity contribution in [1.82, 2.24) is 4.90 Å². The molecule has 4 nitrogen and oxygen atoms in total. The van der Waals surface area contributed by atoms with E-state index in [1.807, 2.05) is 0 Å². The fraction of sp³-hybridized carbons (Fsp3) is 0.818. The number of methoxy groups -OCH3 is 1. The third kappa shape index (κ3) is 2.30. The van der Waals surface area contributed by atoms with E-state index in [2.05, 4.69) is 4.74 Å². The number of carbonyl (C=O) groups excluding carboxylic acids is 2. The van der Waals surface area contributed by atoms with Gasteiger partial charge in [-0.25, -0.2) is 4.79 Å². The van der Waals surface area contributed by atoms with Gasteiger partial charge in [0.25, 0.3) is 0 Å². The highest BCUT2D eigenvalue weighted by Crippen LogP contribution is 2.35. The molecular formula is C11H17NO3. The minimum atomic E-state index is -0.271. The molecule has 1 amide bonds. The summed E-state index contributed by atoms with van der Waals surface area (Å²) in [4.78, 5) is 24.7. The predicted molar refractivity (Wildman–Crippen MR) is 54.4 cm³/mol. The number of Topliss-reactive ketones (excluding diaryl/α,β-unsaturated/α-hetero) is 1. The maximum Gasteiger partial charge on any atom is 0.409 e. The number of piperidine rings is 1. The lowest BCUT2D eigenvalue weighted by Crippen LogP contribution is -2.40. The van der Waals surface area contributed by atoms with E-state index in [0.29, 0.717) is 24.8 Å². The van der Waals surface area contributed by atoms with E-state index >= 15 is 0 Å². The maximum atomic E-state index is 11.8. The Morgan fingerprint density at radius 2 is 1.60 bits per heavy atom. The highest BCUT2D eigenvalue weighted by atomic mass is 16.5. The van der Waals surface area contributed by atoms with Crippen molar-refractivity contribution in [2.24, 2.45) is 11.8 Å². The third-order valence-electron chi connectivity index (χ3n) is 3.31. The van der Waals surface area contributed by atoms with Crippen molar-refractivity contribution >= 4 is 11.9 Å². The summed E-state index contributed by atoms with van der Waals surface area (Å²) in [6.07, 6.45) is 3.51. The van der Waals surface area contributed by atoms with Gasteiger partial charge in [0.15, 0.2) is 0 Å². The molecule has 84 valence electrons. The zero-order valence-electron chi connectivity index (χ0n) is 9.07. The molecule has 0 aromatic rings. The fourth-order valence-electron chi connectivity index (χ4n) is 2.18. The minimum absolute atomic E-state index is 0.193. The van der Waals surface area contributed by atoms with Gasteiger partial charge >= 0.3 is 6.09 Å². The number of nitrogens with zero attached hydrogens (tertiary/aromatic N) is 1. The molecule has 2 rings (SSSR count). The smallest absolute Gasteiger partial charge is 0.409 e. The Balaban J connectivity index is 1.81. The first-order chi connectivity index (χ1) is 7.22. The van der Waals surface area contributed by atoms with Crippen LogP contribution in [0, 0.1) is 11.8 Å². The van der Waals surface area contributed by atoms with Gasteiger partial charge in [0.1, 0.15) is 5.78 Å². The van der Waals surface area contributed by atoms with Crippen molar-refractivity contribution in [3.63, 3.8) is 0 Å². The quantitative estimate of drug-likeness (QED) is 0.694. The van der Waals surface area contributed by atoms with Gasteiger partial charge in [-0.15, -0.1) is 0 Å². The predicted octanol–water partition coefficient (Wildman–Crippen LogP) is 1.44. The molecule has 15 heavy (non-hydrogen) atoms. The van der Waals surface area contributed by atoms with E-state index in [9.17, 15) is 9.59 Å². The Bertz CT molecular complexity index is 265. The summed E-state index contributed by atoms with van der Waals surface area (Å²) in [6, 6.07) is 0. The number of likely N-dealkylation sites (tertiary alicyclic amines) is 1. The lowest BCUT2D eigenvalue weighted by Gasteiger charge is -2.30. The summed E-state index contributed by atoms with van der Waals surface area (Å²) in [5.74, 6) is 0.970. The molecule has 0 unspecified atom stereocenters. The Labute approximate surface area is 89.6 Å². The summed E-state index contributed by atoms with van der Waals surface area (Å²) in [7, 11) is 1.39. The average Bonchev–Trinajstić information content (AvgIpc) is 3.11. The Kier molecular flexibility index (Phi) is 2.93. The SMILES string of the molecule is COC(=O)N1CCC(C(=O)C2CC2)CC1. The zero-order chi connectivity index (χ0) is 10.8. The second-order valence-corrected chi connectivity index (χ2v) is 4.41. The van der Waals surface area contributed by atoms with Crippen LogP contribution in [0.4, 0.5) is 4.79 Å². The number of ketones is 1. The van der Waals surface area contributed by atoms with Crippen LogP contribution in [-0.4, -0.2) is 37.0 Å². The Morgan fingerprint density at radius 1 is 1.07 bits per heavy atom. The largest absolute Gasteiger partial charge is 0.453 e. The van der Waals surface area contributed by atoms with Crippen molar-refractivity contribution in [2.75, 3.05) is 20.2 Å². The first-order valence-corrected chi connectivity index (χ1v) is 5.59. The summed E-state index contributed by atoms with van der Waals surface area (Å²) in [5.41, 5.74) is 0. The fourth-order valence-corrected chi connectivity index (χ4v) is 2.18. The van der Waals surface area contributed by atoms with Crippen LogP contribution in [0.2, 0.25) is 0 Å². The highest BCUT2D eigenvalue weighted by Gasteiger charge is 2.36. The van der Waals surface area contributed by atoms with Crippen LogP contribution < -0.4 is 0 Å². The normalized spacial score (nSPS) is 22.6. The van der Waals surface area contributed by atoms with E-state index in [0.717, 1.165) is 25.7 Å². The zero-order valence-corrected chi connectivity index (χ0v) is 9.07. The molecule has 0 N–H and O–H groups in total.